The standard InChI is InChI=1S/C13H19N3O7/c1-6-11(15-16-14)13(23-9(4)19)12(22-8(3)18)10(21-6)5-20-7(2)17/h6,10-13H,5H2,1-4H3/t6-,10?,11?,12+,13?/m0/s1. The lowest BCUT2D eigenvalue weighted by Gasteiger charge is -2.42. The van der Waals surface area contributed by atoms with Crippen molar-refractivity contribution in [3.05, 3.63) is 10.4 Å². The summed E-state index contributed by atoms with van der Waals surface area (Å²) in [5, 5.41) is 3.57. The highest BCUT2D eigenvalue weighted by molar-refractivity contribution is 5.68. The smallest absolute Gasteiger partial charge is 0.303 e. The fraction of sp³-hybridized carbons (Fsp3) is 0.769. The summed E-state index contributed by atoms with van der Waals surface area (Å²) in [6.45, 7) is 4.99. The van der Waals surface area contributed by atoms with E-state index in [1.165, 1.54) is 20.8 Å². The molecule has 1 heterocycles. The molecule has 1 saturated heterocycles. The molecule has 10 heteroatoms. The zero-order valence-corrected chi connectivity index (χ0v) is 13.3. The molecule has 0 bridgehead atoms. The van der Waals surface area contributed by atoms with Gasteiger partial charge in [-0.15, -0.1) is 0 Å². The molecule has 0 aromatic heterocycles. The third kappa shape index (κ3) is 5.42. The molecule has 23 heavy (non-hydrogen) atoms. The number of azide groups is 1. The molecule has 128 valence electrons. The number of carbonyl (C=O) groups excluding carboxylic acids is 3. The van der Waals surface area contributed by atoms with Gasteiger partial charge in [-0.05, 0) is 12.5 Å². The van der Waals surface area contributed by atoms with E-state index < -0.39 is 48.4 Å². The fourth-order valence-electron chi connectivity index (χ4n) is 2.32. The van der Waals surface area contributed by atoms with E-state index in [1.54, 1.807) is 6.92 Å². The Labute approximate surface area is 132 Å². The van der Waals surface area contributed by atoms with Crippen LogP contribution in [0.25, 0.3) is 10.4 Å². The molecule has 5 atom stereocenters. The Hall–Kier alpha value is -2.32. The molecule has 0 aromatic carbocycles. The van der Waals surface area contributed by atoms with E-state index in [9.17, 15) is 14.4 Å². The average molecular weight is 329 g/mol. The van der Waals surface area contributed by atoms with Crippen LogP contribution in [-0.4, -0.2) is 55.0 Å². The van der Waals surface area contributed by atoms with Gasteiger partial charge in [-0.3, -0.25) is 14.4 Å². The van der Waals surface area contributed by atoms with Gasteiger partial charge in [0.05, 0.1) is 6.10 Å². The van der Waals surface area contributed by atoms with Gasteiger partial charge in [-0.25, -0.2) is 0 Å². The van der Waals surface area contributed by atoms with Crippen LogP contribution in [0.15, 0.2) is 5.11 Å². The number of rotatable bonds is 5. The van der Waals surface area contributed by atoms with Crippen molar-refractivity contribution < 1.29 is 33.3 Å². The van der Waals surface area contributed by atoms with Crippen molar-refractivity contribution >= 4 is 17.9 Å². The maximum absolute atomic E-state index is 11.3. The van der Waals surface area contributed by atoms with Gasteiger partial charge in [0.1, 0.15) is 18.8 Å². The summed E-state index contributed by atoms with van der Waals surface area (Å²) < 4.78 is 20.8. The zero-order chi connectivity index (χ0) is 17.6. The third-order valence-electron chi connectivity index (χ3n) is 3.14. The van der Waals surface area contributed by atoms with Gasteiger partial charge >= 0.3 is 17.9 Å². The van der Waals surface area contributed by atoms with Gasteiger partial charge in [-0.1, -0.05) is 5.11 Å². The first kappa shape index (κ1) is 18.7. The SMILES string of the molecule is CC(=O)OCC1O[C@@H](C)C(N=[N+]=[N-])C(OC(C)=O)[C@@H]1OC(C)=O. The van der Waals surface area contributed by atoms with Gasteiger partial charge in [0.25, 0.3) is 0 Å². The van der Waals surface area contributed by atoms with Crippen LogP contribution < -0.4 is 0 Å². The van der Waals surface area contributed by atoms with Crippen molar-refractivity contribution in [2.24, 2.45) is 5.11 Å². The minimum atomic E-state index is -1.07. The number of nitrogens with zero attached hydrogens (tertiary/aromatic N) is 3. The monoisotopic (exact) mass is 329 g/mol. The molecular formula is C13H19N3O7. The van der Waals surface area contributed by atoms with Crippen LogP contribution in [0.4, 0.5) is 0 Å². The molecule has 10 nitrogen and oxygen atoms in total. The van der Waals surface area contributed by atoms with Crippen LogP contribution in [0.2, 0.25) is 0 Å². The lowest BCUT2D eigenvalue weighted by Crippen LogP contribution is -2.59. The molecule has 3 unspecified atom stereocenters. The minimum absolute atomic E-state index is 0.196. The topological polar surface area (TPSA) is 137 Å². The van der Waals surface area contributed by atoms with Crippen LogP contribution in [-0.2, 0) is 33.3 Å². The van der Waals surface area contributed by atoms with Crippen LogP contribution in [0.3, 0.4) is 0 Å². The predicted octanol–water partition coefficient (Wildman–Crippen LogP) is 0.879. The number of hydrogen-bond acceptors (Lipinski definition) is 8. The van der Waals surface area contributed by atoms with E-state index in [2.05, 4.69) is 10.0 Å². The molecule has 0 saturated carbocycles. The maximum atomic E-state index is 11.3. The Balaban J connectivity index is 3.11. The molecule has 0 aromatic rings. The average Bonchev–Trinajstić information content (AvgIpc) is 2.42. The zero-order valence-electron chi connectivity index (χ0n) is 13.3. The second kappa shape index (κ2) is 8.35. The van der Waals surface area contributed by atoms with Gasteiger partial charge in [0.15, 0.2) is 12.2 Å². The second-order valence-corrected chi connectivity index (χ2v) is 5.03. The Bertz CT molecular complexity index is 518. The summed E-state index contributed by atoms with van der Waals surface area (Å²) in [4.78, 5) is 36.4. The first-order valence-corrected chi connectivity index (χ1v) is 6.93. The lowest BCUT2D eigenvalue weighted by atomic mass is 9.93. The molecular weight excluding hydrogens is 310 g/mol. The molecule has 0 radical (unpaired) electrons. The van der Waals surface area contributed by atoms with Crippen LogP contribution in [0.5, 0.6) is 0 Å². The molecule has 1 aliphatic heterocycles. The largest absolute Gasteiger partial charge is 0.463 e. The lowest BCUT2D eigenvalue weighted by molar-refractivity contribution is -0.217. The molecule has 1 fully saturated rings. The quantitative estimate of drug-likeness (QED) is 0.240. The van der Waals surface area contributed by atoms with Crippen molar-refractivity contribution in [2.75, 3.05) is 6.61 Å². The maximum Gasteiger partial charge on any atom is 0.303 e. The molecule has 0 amide bonds. The van der Waals surface area contributed by atoms with E-state index in [0.717, 1.165) is 0 Å². The van der Waals surface area contributed by atoms with E-state index >= 15 is 0 Å². The number of carbonyl (C=O) groups is 3. The molecule has 0 N–H and O–H groups in total. The van der Waals surface area contributed by atoms with E-state index in [-0.39, 0.29) is 6.61 Å². The summed E-state index contributed by atoms with van der Waals surface area (Å²) >= 11 is 0. The Morgan fingerprint density at radius 1 is 1.09 bits per heavy atom. The fourth-order valence-corrected chi connectivity index (χ4v) is 2.32. The van der Waals surface area contributed by atoms with Gasteiger partial charge in [-0.2, -0.15) is 0 Å². The van der Waals surface area contributed by atoms with Crippen molar-refractivity contribution in [2.45, 2.75) is 58.2 Å². The molecule has 1 aliphatic rings. The van der Waals surface area contributed by atoms with E-state index in [0.29, 0.717) is 0 Å². The van der Waals surface area contributed by atoms with Crippen molar-refractivity contribution in [1.29, 1.82) is 0 Å². The van der Waals surface area contributed by atoms with Crippen molar-refractivity contribution in [1.82, 2.24) is 0 Å². The van der Waals surface area contributed by atoms with Crippen LogP contribution in [0.1, 0.15) is 27.7 Å². The molecule has 0 spiro atoms. The summed E-state index contributed by atoms with van der Waals surface area (Å²) in [6.07, 6.45) is -3.60. The van der Waals surface area contributed by atoms with Gasteiger partial charge in [0, 0.05) is 25.7 Å². The number of ether oxygens (including phenoxy) is 4. The first-order valence-electron chi connectivity index (χ1n) is 6.93. The Morgan fingerprint density at radius 2 is 1.65 bits per heavy atom. The minimum Gasteiger partial charge on any atom is -0.463 e. The van der Waals surface area contributed by atoms with Crippen molar-refractivity contribution in [3.63, 3.8) is 0 Å². The summed E-state index contributed by atoms with van der Waals surface area (Å²) in [7, 11) is 0. The number of esters is 3. The summed E-state index contributed by atoms with van der Waals surface area (Å²) in [5.41, 5.74) is 8.68. The normalized spacial score (nSPS) is 29.8. The molecule has 0 aliphatic carbocycles. The van der Waals surface area contributed by atoms with Gasteiger partial charge in [0.2, 0.25) is 0 Å². The van der Waals surface area contributed by atoms with Crippen LogP contribution >= 0.6 is 0 Å². The Kier molecular flexibility index (Phi) is 6.80. The Morgan fingerprint density at radius 3 is 2.13 bits per heavy atom. The van der Waals surface area contributed by atoms with E-state index in [4.69, 9.17) is 24.5 Å². The highest BCUT2D eigenvalue weighted by Crippen LogP contribution is 2.28. The second-order valence-electron chi connectivity index (χ2n) is 5.03. The van der Waals surface area contributed by atoms with E-state index in [1.807, 2.05) is 0 Å². The third-order valence-corrected chi connectivity index (χ3v) is 3.14. The number of hydrogen-bond donors (Lipinski definition) is 0. The molecule has 1 rings (SSSR count). The predicted molar refractivity (Wildman–Crippen MR) is 75.0 cm³/mol. The van der Waals surface area contributed by atoms with Crippen molar-refractivity contribution in [3.8, 4) is 0 Å². The highest BCUT2D eigenvalue weighted by Gasteiger charge is 2.48. The van der Waals surface area contributed by atoms with Gasteiger partial charge < -0.3 is 18.9 Å². The van der Waals surface area contributed by atoms with Crippen LogP contribution in [0, 0.1) is 0 Å². The summed E-state index contributed by atoms with van der Waals surface area (Å²) in [6, 6.07) is -0.887. The first-order chi connectivity index (χ1) is 10.8. The highest BCUT2D eigenvalue weighted by atomic mass is 16.6. The summed E-state index contributed by atoms with van der Waals surface area (Å²) in [5.74, 6) is -1.81.